The van der Waals surface area contributed by atoms with Gasteiger partial charge in [0.05, 0.1) is 6.54 Å². The quantitative estimate of drug-likeness (QED) is 0.784. The van der Waals surface area contributed by atoms with E-state index in [0.717, 1.165) is 32.0 Å². The van der Waals surface area contributed by atoms with E-state index < -0.39 is 0 Å². The number of hydrogen-bond donors (Lipinski definition) is 0. The first kappa shape index (κ1) is 15.6. The monoisotopic (exact) mass is 320 g/mol. The second kappa shape index (κ2) is 7.35. The van der Waals surface area contributed by atoms with Crippen LogP contribution in [-0.2, 0) is 19.6 Å². The van der Waals surface area contributed by atoms with Gasteiger partial charge in [-0.05, 0) is 44.6 Å². The van der Waals surface area contributed by atoms with Gasteiger partial charge in [-0.15, -0.1) is 11.3 Å². The molecule has 3 heterocycles. The molecule has 1 saturated heterocycles. The van der Waals surface area contributed by atoms with Gasteiger partial charge in [-0.1, -0.05) is 12.1 Å². The number of rotatable bonds is 7. The van der Waals surface area contributed by atoms with Crippen molar-refractivity contribution in [2.24, 2.45) is 0 Å². The summed E-state index contributed by atoms with van der Waals surface area (Å²) < 4.78 is 5.05. The predicted molar refractivity (Wildman–Crippen MR) is 87.7 cm³/mol. The largest absolute Gasteiger partial charge is 0.340 e. The summed E-state index contributed by atoms with van der Waals surface area (Å²) in [6.07, 6.45) is 2.71. The minimum absolute atomic E-state index is 0.634. The van der Waals surface area contributed by atoms with Crippen molar-refractivity contribution in [2.45, 2.75) is 46.3 Å². The predicted octanol–water partition coefficient (Wildman–Crippen LogP) is 3.06. The molecule has 0 aliphatic carbocycles. The van der Waals surface area contributed by atoms with Gasteiger partial charge in [0.1, 0.15) is 0 Å². The Kier molecular flexibility index (Phi) is 5.23. The van der Waals surface area contributed by atoms with E-state index in [1.54, 1.807) is 0 Å². The third-order valence-electron chi connectivity index (χ3n) is 4.06. The third kappa shape index (κ3) is 4.15. The van der Waals surface area contributed by atoms with Crippen LogP contribution in [0, 0.1) is 6.92 Å². The molecule has 120 valence electrons. The van der Waals surface area contributed by atoms with Crippen molar-refractivity contribution in [1.29, 1.82) is 0 Å². The molecule has 6 heteroatoms. The van der Waals surface area contributed by atoms with E-state index in [1.165, 1.54) is 35.7 Å². The summed E-state index contributed by atoms with van der Waals surface area (Å²) in [7, 11) is 0. The maximum atomic E-state index is 5.05. The Hall–Kier alpha value is -1.24. The molecule has 1 fully saturated rings. The number of aromatic nitrogens is 2. The number of aryl methyl sites for hydroxylation is 1. The molecule has 0 unspecified atom stereocenters. The first-order valence-electron chi connectivity index (χ1n) is 8.04. The molecular weight excluding hydrogens is 296 g/mol. The molecule has 0 N–H and O–H groups in total. The Bertz CT molecular complexity index is 588. The minimum atomic E-state index is 0.634. The average molecular weight is 320 g/mol. The highest BCUT2D eigenvalue weighted by atomic mass is 32.1. The SMILES string of the molecule is CCN(Cc1noc(C)n1)Cc1ccc(CN2CCCC2)s1. The number of nitrogens with zero attached hydrogens (tertiary/aromatic N) is 4. The summed E-state index contributed by atoms with van der Waals surface area (Å²) in [6.45, 7) is 10.3. The number of likely N-dealkylation sites (tertiary alicyclic amines) is 1. The maximum absolute atomic E-state index is 5.05. The summed E-state index contributed by atoms with van der Waals surface area (Å²) in [5.74, 6) is 1.41. The van der Waals surface area contributed by atoms with Gasteiger partial charge >= 0.3 is 0 Å². The highest BCUT2D eigenvalue weighted by Crippen LogP contribution is 2.22. The topological polar surface area (TPSA) is 45.4 Å². The summed E-state index contributed by atoms with van der Waals surface area (Å²) >= 11 is 1.93. The van der Waals surface area contributed by atoms with Gasteiger partial charge in [-0.3, -0.25) is 9.80 Å². The van der Waals surface area contributed by atoms with Gasteiger partial charge in [0, 0.05) is 29.8 Å². The molecule has 2 aromatic heterocycles. The van der Waals surface area contributed by atoms with Crippen LogP contribution in [-0.4, -0.2) is 39.6 Å². The van der Waals surface area contributed by atoms with E-state index >= 15 is 0 Å². The van der Waals surface area contributed by atoms with Crippen LogP contribution in [0.3, 0.4) is 0 Å². The zero-order chi connectivity index (χ0) is 15.4. The lowest BCUT2D eigenvalue weighted by atomic mass is 10.3. The van der Waals surface area contributed by atoms with Gasteiger partial charge in [-0.2, -0.15) is 4.98 Å². The standard InChI is InChI=1S/C16H24N4OS/c1-3-19(12-16-17-13(2)21-18-16)10-14-6-7-15(22-14)11-20-8-4-5-9-20/h6-7H,3-5,8-12H2,1-2H3. The Labute approximate surface area is 135 Å². The molecule has 0 atom stereocenters. The molecule has 2 aromatic rings. The summed E-state index contributed by atoms with van der Waals surface area (Å²) in [5.41, 5.74) is 0. The van der Waals surface area contributed by atoms with Crippen LogP contribution in [0.1, 0.15) is 41.2 Å². The molecule has 0 spiro atoms. The molecule has 0 radical (unpaired) electrons. The van der Waals surface area contributed by atoms with E-state index in [-0.39, 0.29) is 0 Å². The van der Waals surface area contributed by atoms with Gasteiger partial charge in [0.25, 0.3) is 0 Å². The molecule has 3 rings (SSSR count). The van der Waals surface area contributed by atoms with Gasteiger partial charge in [0.2, 0.25) is 5.89 Å². The highest BCUT2D eigenvalue weighted by molar-refractivity contribution is 7.11. The second-order valence-electron chi connectivity index (χ2n) is 5.88. The zero-order valence-corrected chi connectivity index (χ0v) is 14.2. The maximum Gasteiger partial charge on any atom is 0.223 e. The molecule has 0 saturated carbocycles. The van der Waals surface area contributed by atoms with Crippen LogP contribution < -0.4 is 0 Å². The van der Waals surface area contributed by atoms with Crippen LogP contribution in [0.4, 0.5) is 0 Å². The molecule has 0 aromatic carbocycles. The van der Waals surface area contributed by atoms with Crippen LogP contribution in [0.25, 0.3) is 0 Å². The van der Waals surface area contributed by atoms with Gasteiger partial charge < -0.3 is 4.52 Å². The van der Waals surface area contributed by atoms with E-state index in [1.807, 2.05) is 18.3 Å². The normalized spacial score (nSPS) is 16.0. The van der Waals surface area contributed by atoms with E-state index in [9.17, 15) is 0 Å². The fourth-order valence-corrected chi connectivity index (χ4v) is 3.96. The van der Waals surface area contributed by atoms with Crippen LogP contribution in [0.2, 0.25) is 0 Å². The lowest BCUT2D eigenvalue weighted by molar-refractivity contribution is 0.261. The molecule has 0 amide bonds. The second-order valence-corrected chi connectivity index (χ2v) is 7.14. The van der Waals surface area contributed by atoms with Crippen LogP contribution in [0.15, 0.2) is 16.7 Å². The lowest BCUT2D eigenvalue weighted by Gasteiger charge is -2.17. The third-order valence-corrected chi connectivity index (χ3v) is 5.11. The van der Waals surface area contributed by atoms with E-state index in [4.69, 9.17) is 4.52 Å². The molecule has 0 bridgehead atoms. The van der Waals surface area contributed by atoms with E-state index in [2.05, 4.69) is 39.0 Å². The molecular formula is C16H24N4OS. The fraction of sp³-hybridized carbons (Fsp3) is 0.625. The van der Waals surface area contributed by atoms with E-state index in [0.29, 0.717) is 5.89 Å². The zero-order valence-electron chi connectivity index (χ0n) is 13.4. The van der Waals surface area contributed by atoms with Crippen molar-refractivity contribution in [3.63, 3.8) is 0 Å². The Morgan fingerprint density at radius 3 is 2.68 bits per heavy atom. The Morgan fingerprint density at radius 2 is 2.00 bits per heavy atom. The fourth-order valence-electron chi connectivity index (χ4n) is 2.86. The molecule has 22 heavy (non-hydrogen) atoms. The van der Waals surface area contributed by atoms with Crippen molar-refractivity contribution >= 4 is 11.3 Å². The molecule has 1 aliphatic rings. The van der Waals surface area contributed by atoms with Crippen molar-refractivity contribution in [3.05, 3.63) is 33.6 Å². The Balaban J connectivity index is 1.55. The summed E-state index contributed by atoms with van der Waals surface area (Å²) in [4.78, 5) is 12.1. The summed E-state index contributed by atoms with van der Waals surface area (Å²) in [5, 5.41) is 3.99. The smallest absolute Gasteiger partial charge is 0.223 e. The summed E-state index contributed by atoms with van der Waals surface area (Å²) in [6, 6.07) is 4.55. The van der Waals surface area contributed by atoms with Crippen molar-refractivity contribution in [2.75, 3.05) is 19.6 Å². The van der Waals surface area contributed by atoms with Crippen molar-refractivity contribution in [1.82, 2.24) is 19.9 Å². The molecule has 1 aliphatic heterocycles. The molecule has 5 nitrogen and oxygen atoms in total. The average Bonchev–Trinajstić information content (AvgIpc) is 3.23. The van der Waals surface area contributed by atoms with Crippen molar-refractivity contribution < 1.29 is 4.52 Å². The number of thiophene rings is 1. The first-order chi connectivity index (χ1) is 10.7. The van der Waals surface area contributed by atoms with Gasteiger partial charge in [0.15, 0.2) is 5.82 Å². The first-order valence-corrected chi connectivity index (χ1v) is 8.86. The number of hydrogen-bond acceptors (Lipinski definition) is 6. The Morgan fingerprint density at radius 1 is 1.23 bits per heavy atom. The van der Waals surface area contributed by atoms with Crippen LogP contribution in [0.5, 0.6) is 0 Å². The van der Waals surface area contributed by atoms with Crippen molar-refractivity contribution in [3.8, 4) is 0 Å². The van der Waals surface area contributed by atoms with Gasteiger partial charge in [-0.25, -0.2) is 0 Å². The van der Waals surface area contributed by atoms with Crippen LogP contribution >= 0.6 is 11.3 Å². The highest BCUT2D eigenvalue weighted by Gasteiger charge is 2.14. The lowest BCUT2D eigenvalue weighted by Crippen LogP contribution is -2.22. The minimum Gasteiger partial charge on any atom is -0.340 e.